The minimum absolute atomic E-state index is 0.0216. The zero-order chi connectivity index (χ0) is 16.5. The zero-order valence-electron chi connectivity index (χ0n) is 11.9. The summed E-state index contributed by atoms with van der Waals surface area (Å²) < 4.78 is 37.9. The lowest BCUT2D eigenvalue weighted by molar-refractivity contribution is -0.170. The van der Waals surface area contributed by atoms with Crippen molar-refractivity contribution in [3.8, 4) is 0 Å². The van der Waals surface area contributed by atoms with Gasteiger partial charge < -0.3 is 5.11 Å². The Morgan fingerprint density at radius 1 is 1.41 bits per heavy atom. The van der Waals surface area contributed by atoms with Crippen LogP contribution < -0.4 is 4.90 Å². The highest BCUT2D eigenvalue weighted by Gasteiger charge is 2.44. The average molecular weight is 316 g/mol. The fraction of sp³-hybridized carbons (Fsp3) is 0.500. The third-order valence-corrected chi connectivity index (χ3v) is 3.55. The lowest BCUT2D eigenvalue weighted by Gasteiger charge is -2.29. The van der Waals surface area contributed by atoms with Crippen molar-refractivity contribution in [1.82, 2.24) is 4.98 Å². The van der Waals surface area contributed by atoms with E-state index in [-0.39, 0.29) is 25.2 Å². The second-order valence-electron chi connectivity index (χ2n) is 5.17. The summed E-state index contributed by atoms with van der Waals surface area (Å²) in [5, 5.41) is 8.71. The molecular weight excluding hydrogens is 301 g/mol. The summed E-state index contributed by atoms with van der Waals surface area (Å²) in [5.41, 5.74) is 1.68. The van der Waals surface area contributed by atoms with Crippen molar-refractivity contribution >= 4 is 17.7 Å². The molecule has 0 unspecified atom stereocenters. The van der Waals surface area contributed by atoms with E-state index >= 15 is 0 Å². The summed E-state index contributed by atoms with van der Waals surface area (Å²) >= 11 is 0. The molecule has 2 heterocycles. The fourth-order valence-electron chi connectivity index (χ4n) is 2.48. The van der Waals surface area contributed by atoms with Gasteiger partial charge in [0.05, 0.1) is 0 Å². The van der Waals surface area contributed by atoms with Gasteiger partial charge in [-0.3, -0.25) is 14.5 Å². The number of rotatable bonds is 3. The summed E-state index contributed by atoms with van der Waals surface area (Å²) in [5.74, 6) is -2.84. The van der Waals surface area contributed by atoms with Crippen molar-refractivity contribution in [3.63, 3.8) is 0 Å². The number of carboxylic acid groups (broad SMARTS) is 1. The van der Waals surface area contributed by atoms with Gasteiger partial charge in [-0.2, -0.15) is 13.2 Å². The highest BCUT2D eigenvalue weighted by atomic mass is 19.4. The Morgan fingerprint density at radius 3 is 2.68 bits per heavy atom. The van der Waals surface area contributed by atoms with Gasteiger partial charge in [-0.05, 0) is 37.3 Å². The predicted octanol–water partition coefficient (Wildman–Crippen LogP) is 2.25. The summed E-state index contributed by atoms with van der Waals surface area (Å²) in [7, 11) is 0. The second kappa shape index (κ2) is 5.94. The van der Waals surface area contributed by atoms with Gasteiger partial charge in [0, 0.05) is 18.7 Å². The van der Waals surface area contributed by atoms with Gasteiger partial charge in [0.1, 0.15) is 5.82 Å². The van der Waals surface area contributed by atoms with Crippen LogP contribution in [0.1, 0.15) is 29.7 Å². The van der Waals surface area contributed by atoms with E-state index in [1.807, 2.05) is 0 Å². The Labute approximate surface area is 124 Å². The average Bonchev–Trinajstić information content (AvgIpc) is 2.42. The molecule has 1 aromatic rings. The van der Waals surface area contributed by atoms with Gasteiger partial charge in [0.2, 0.25) is 0 Å². The van der Waals surface area contributed by atoms with Crippen molar-refractivity contribution in [3.05, 3.63) is 22.9 Å². The Morgan fingerprint density at radius 2 is 2.09 bits per heavy atom. The fourth-order valence-corrected chi connectivity index (χ4v) is 2.48. The van der Waals surface area contributed by atoms with Crippen molar-refractivity contribution in [2.75, 3.05) is 11.4 Å². The smallest absolute Gasteiger partial charge is 0.471 e. The van der Waals surface area contributed by atoms with Crippen molar-refractivity contribution < 1.29 is 27.9 Å². The van der Waals surface area contributed by atoms with Gasteiger partial charge in [0.15, 0.2) is 0 Å². The van der Waals surface area contributed by atoms with E-state index in [0.29, 0.717) is 34.6 Å². The molecule has 0 atom stereocenters. The lowest BCUT2D eigenvalue weighted by atomic mass is 9.99. The number of hydrogen-bond acceptors (Lipinski definition) is 3. The van der Waals surface area contributed by atoms with Crippen LogP contribution in [-0.2, 0) is 22.4 Å². The standard InChI is InChI=1S/C14H15F3N2O3/c1-8-9(4-5-11(20)21)7-10-3-2-6-19(12(10)18-8)13(22)14(15,16)17/h7H,2-6H2,1H3,(H,20,21). The van der Waals surface area contributed by atoms with Crippen molar-refractivity contribution in [1.29, 1.82) is 0 Å². The number of hydrogen-bond donors (Lipinski definition) is 1. The lowest BCUT2D eigenvalue weighted by Crippen LogP contribution is -2.44. The van der Waals surface area contributed by atoms with E-state index in [1.165, 1.54) is 0 Å². The van der Waals surface area contributed by atoms with Crippen LogP contribution in [-0.4, -0.2) is 34.7 Å². The van der Waals surface area contributed by atoms with Crippen LogP contribution in [0, 0.1) is 6.92 Å². The number of amides is 1. The largest absolute Gasteiger partial charge is 0.481 e. The van der Waals surface area contributed by atoms with Crippen molar-refractivity contribution in [2.45, 2.75) is 38.8 Å². The Kier molecular flexibility index (Phi) is 4.39. The van der Waals surface area contributed by atoms with E-state index in [9.17, 15) is 22.8 Å². The molecule has 0 bridgehead atoms. The molecule has 0 spiro atoms. The molecule has 1 aromatic heterocycles. The number of carbonyl (C=O) groups is 2. The third kappa shape index (κ3) is 3.37. The number of aromatic nitrogens is 1. The molecule has 0 radical (unpaired) electrons. The van der Waals surface area contributed by atoms with Crippen LogP contribution in [0.4, 0.5) is 19.0 Å². The number of alkyl halides is 3. The summed E-state index contributed by atoms with van der Waals surface area (Å²) in [6.45, 7) is 1.58. The molecule has 0 aliphatic carbocycles. The number of aryl methyl sites for hydroxylation is 3. The minimum atomic E-state index is -4.94. The topological polar surface area (TPSA) is 70.5 Å². The van der Waals surface area contributed by atoms with Crippen LogP contribution in [0.5, 0.6) is 0 Å². The number of anilines is 1. The molecule has 22 heavy (non-hydrogen) atoms. The second-order valence-corrected chi connectivity index (χ2v) is 5.17. The number of fused-ring (bicyclic) bond motifs is 1. The maximum atomic E-state index is 12.6. The first-order valence-corrected chi connectivity index (χ1v) is 6.80. The molecule has 0 aromatic carbocycles. The molecule has 8 heteroatoms. The quantitative estimate of drug-likeness (QED) is 0.928. The molecule has 0 saturated heterocycles. The molecule has 1 amide bonds. The van der Waals surface area contributed by atoms with Crippen LogP contribution in [0.25, 0.3) is 0 Å². The summed E-state index contributed by atoms with van der Waals surface area (Å²) in [4.78, 5) is 26.9. The molecule has 0 fully saturated rings. The summed E-state index contributed by atoms with van der Waals surface area (Å²) in [6.07, 6.45) is -3.82. The minimum Gasteiger partial charge on any atom is -0.481 e. The van der Waals surface area contributed by atoms with Crippen LogP contribution >= 0.6 is 0 Å². The van der Waals surface area contributed by atoms with E-state index in [0.717, 1.165) is 0 Å². The van der Waals surface area contributed by atoms with Gasteiger partial charge in [-0.25, -0.2) is 4.98 Å². The molecule has 1 aliphatic heterocycles. The molecule has 2 rings (SSSR count). The highest BCUT2D eigenvalue weighted by Crippen LogP contribution is 2.31. The van der Waals surface area contributed by atoms with Gasteiger partial charge >= 0.3 is 18.1 Å². The molecular formula is C14H15F3N2O3. The zero-order valence-corrected chi connectivity index (χ0v) is 11.9. The number of aliphatic carboxylic acids is 1. The van der Waals surface area contributed by atoms with Crippen LogP contribution in [0.3, 0.4) is 0 Å². The number of halogens is 3. The van der Waals surface area contributed by atoms with Crippen LogP contribution in [0.2, 0.25) is 0 Å². The number of carboxylic acids is 1. The first-order chi connectivity index (χ1) is 10.2. The first kappa shape index (κ1) is 16.3. The van der Waals surface area contributed by atoms with Gasteiger partial charge in [-0.1, -0.05) is 6.07 Å². The highest BCUT2D eigenvalue weighted by molar-refractivity contribution is 5.97. The SMILES string of the molecule is Cc1nc2c(cc1CCC(=O)O)CCCN2C(=O)C(F)(F)F. The van der Waals surface area contributed by atoms with Gasteiger partial charge in [0.25, 0.3) is 0 Å². The Bertz CT molecular complexity index is 614. The molecule has 5 nitrogen and oxygen atoms in total. The third-order valence-electron chi connectivity index (χ3n) is 3.55. The maximum absolute atomic E-state index is 12.6. The maximum Gasteiger partial charge on any atom is 0.471 e. The first-order valence-electron chi connectivity index (χ1n) is 6.80. The van der Waals surface area contributed by atoms with Crippen LogP contribution in [0.15, 0.2) is 6.07 Å². The summed E-state index contributed by atoms with van der Waals surface area (Å²) in [6, 6.07) is 1.66. The Balaban J connectivity index is 2.34. The number of carbonyl (C=O) groups excluding carboxylic acids is 1. The van der Waals surface area contributed by atoms with E-state index < -0.39 is 18.1 Å². The number of pyridine rings is 1. The van der Waals surface area contributed by atoms with E-state index in [2.05, 4.69) is 4.98 Å². The molecule has 1 aliphatic rings. The van der Waals surface area contributed by atoms with E-state index in [4.69, 9.17) is 5.11 Å². The normalized spacial score (nSPS) is 14.6. The Hall–Kier alpha value is -2.12. The molecule has 120 valence electrons. The molecule has 0 saturated carbocycles. The number of nitrogens with zero attached hydrogens (tertiary/aromatic N) is 2. The molecule has 1 N–H and O–H groups in total. The van der Waals surface area contributed by atoms with Gasteiger partial charge in [-0.15, -0.1) is 0 Å². The van der Waals surface area contributed by atoms with Crippen molar-refractivity contribution in [2.24, 2.45) is 0 Å². The monoisotopic (exact) mass is 316 g/mol. The predicted molar refractivity (Wildman–Crippen MR) is 71.7 cm³/mol. The van der Waals surface area contributed by atoms with E-state index in [1.54, 1.807) is 13.0 Å².